The Morgan fingerprint density at radius 3 is 2.61 bits per heavy atom. The summed E-state index contributed by atoms with van der Waals surface area (Å²) < 4.78 is 37.2. The number of thiazole rings is 1. The summed E-state index contributed by atoms with van der Waals surface area (Å²) in [5.74, 6) is 0.517. The summed E-state index contributed by atoms with van der Waals surface area (Å²) >= 11 is 0.527. The van der Waals surface area contributed by atoms with Gasteiger partial charge in [0, 0.05) is 17.3 Å². The van der Waals surface area contributed by atoms with Gasteiger partial charge < -0.3 is 5.73 Å². The van der Waals surface area contributed by atoms with Crippen LogP contribution in [0.5, 0.6) is 0 Å². The van der Waals surface area contributed by atoms with Crippen LogP contribution in [0.3, 0.4) is 0 Å². The first-order valence-corrected chi connectivity index (χ1v) is 5.77. The molecule has 2 aromatic heterocycles. The Kier molecular flexibility index (Phi) is 3.31. The summed E-state index contributed by atoms with van der Waals surface area (Å²) in [6, 6.07) is 0.852. The summed E-state index contributed by atoms with van der Waals surface area (Å²) in [6.45, 7) is 1.68. The fourth-order valence-corrected chi connectivity index (χ4v) is 2.15. The van der Waals surface area contributed by atoms with Crippen LogP contribution in [0.4, 0.5) is 13.2 Å². The number of aromatic nitrogens is 3. The number of hydrogen-bond acceptors (Lipinski definition) is 5. The van der Waals surface area contributed by atoms with Crippen molar-refractivity contribution in [2.45, 2.75) is 19.1 Å². The molecule has 0 saturated carbocycles. The Hall–Kier alpha value is -1.54. The summed E-state index contributed by atoms with van der Waals surface area (Å²) in [7, 11) is 0. The van der Waals surface area contributed by atoms with Crippen molar-refractivity contribution < 1.29 is 13.2 Å². The van der Waals surface area contributed by atoms with Gasteiger partial charge in [0.05, 0.1) is 11.7 Å². The van der Waals surface area contributed by atoms with Gasteiger partial charge in [-0.1, -0.05) is 0 Å². The van der Waals surface area contributed by atoms with Crippen LogP contribution in [-0.2, 0) is 6.18 Å². The van der Waals surface area contributed by atoms with Crippen LogP contribution in [0.2, 0.25) is 0 Å². The number of halogens is 3. The monoisotopic (exact) mass is 274 g/mol. The third kappa shape index (κ3) is 2.65. The first kappa shape index (κ1) is 12.9. The lowest BCUT2D eigenvalue weighted by Crippen LogP contribution is -2.13. The second-order valence-corrected chi connectivity index (χ2v) is 4.63. The highest BCUT2D eigenvalue weighted by Gasteiger charge is 2.35. The molecule has 0 spiro atoms. The third-order valence-electron chi connectivity index (χ3n) is 2.19. The van der Waals surface area contributed by atoms with Crippen molar-refractivity contribution in [3.8, 4) is 0 Å². The topological polar surface area (TPSA) is 64.7 Å². The lowest BCUT2D eigenvalue weighted by atomic mass is 10.2. The average molecular weight is 274 g/mol. The van der Waals surface area contributed by atoms with Crippen molar-refractivity contribution in [1.29, 1.82) is 0 Å². The molecule has 2 heterocycles. The lowest BCUT2D eigenvalue weighted by molar-refractivity contribution is -0.137. The van der Waals surface area contributed by atoms with Gasteiger partial charge in [0.1, 0.15) is 5.82 Å². The minimum absolute atomic E-state index is 0.320. The Labute approximate surface area is 105 Å². The van der Waals surface area contributed by atoms with E-state index in [0.717, 1.165) is 6.20 Å². The van der Waals surface area contributed by atoms with Crippen molar-refractivity contribution in [2.24, 2.45) is 5.73 Å². The average Bonchev–Trinajstić information content (AvgIpc) is 2.77. The van der Waals surface area contributed by atoms with E-state index >= 15 is 0 Å². The van der Waals surface area contributed by atoms with E-state index in [9.17, 15) is 13.2 Å². The summed E-state index contributed by atoms with van der Waals surface area (Å²) in [4.78, 5) is 11.6. The molecule has 18 heavy (non-hydrogen) atoms. The zero-order valence-corrected chi connectivity index (χ0v) is 10.1. The zero-order chi connectivity index (χ0) is 13.3. The predicted octanol–water partition coefficient (Wildman–Crippen LogP) is 2.31. The quantitative estimate of drug-likeness (QED) is 0.912. The molecular weight excluding hydrogens is 265 g/mol. The van der Waals surface area contributed by atoms with Gasteiger partial charge in [0.25, 0.3) is 0 Å². The standard InChI is InChI=1S/C10H9F3N4S/c1-5-15-3-2-6(17-5)8(14)7-4-16-9(18-7)10(11,12)13/h2-4,8H,14H2,1H3. The van der Waals surface area contributed by atoms with Gasteiger partial charge in [-0.2, -0.15) is 13.2 Å². The normalized spacial score (nSPS) is 13.6. The fourth-order valence-electron chi connectivity index (χ4n) is 1.35. The molecule has 0 aliphatic rings. The number of rotatable bonds is 2. The fraction of sp³-hybridized carbons (Fsp3) is 0.300. The number of nitrogens with two attached hydrogens (primary N) is 1. The molecule has 0 fully saturated rings. The van der Waals surface area contributed by atoms with Crippen LogP contribution in [0.25, 0.3) is 0 Å². The largest absolute Gasteiger partial charge is 0.443 e. The highest BCUT2D eigenvalue weighted by atomic mass is 32.1. The summed E-state index contributed by atoms with van der Waals surface area (Å²) in [6.07, 6.45) is -1.79. The highest BCUT2D eigenvalue weighted by molar-refractivity contribution is 7.11. The molecule has 96 valence electrons. The van der Waals surface area contributed by atoms with Crippen molar-refractivity contribution in [3.05, 3.63) is 39.9 Å². The van der Waals surface area contributed by atoms with Crippen LogP contribution in [0.15, 0.2) is 18.5 Å². The maximum atomic E-state index is 12.4. The van der Waals surface area contributed by atoms with Crippen LogP contribution in [0, 0.1) is 6.92 Å². The number of aryl methyl sites for hydroxylation is 1. The van der Waals surface area contributed by atoms with E-state index in [4.69, 9.17) is 5.73 Å². The van der Waals surface area contributed by atoms with Crippen molar-refractivity contribution in [3.63, 3.8) is 0 Å². The smallest absolute Gasteiger partial charge is 0.318 e. The van der Waals surface area contributed by atoms with Gasteiger partial charge >= 0.3 is 6.18 Å². The molecule has 1 atom stereocenters. The minimum Gasteiger partial charge on any atom is -0.318 e. The molecule has 0 aromatic carbocycles. The Bertz CT molecular complexity index is 552. The molecule has 4 nitrogen and oxygen atoms in total. The molecule has 8 heteroatoms. The first-order chi connectivity index (χ1) is 8.38. The molecule has 0 bridgehead atoms. The van der Waals surface area contributed by atoms with E-state index < -0.39 is 17.2 Å². The summed E-state index contributed by atoms with van der Waals surface area (Å²) in [5, 5.41) is -0.904. The Balaban J connectivity index is 2.29. The predicted molar refractivity (Wildman–Crippen MR) is 59.9 cm³/mol. The van der Waals surface area contributed by atoms with Crippen LogP contribution in [-0.4, -0.2) is 15.0 Å². The molecular formula is C10H9F3N4S. The Morgan fingerprint density at radius 2 is 2.06 bits per heavy atom. The van der Waals surface area contributed by atoms with Gasteiger partial charge in [-0.25, -0.2) is 15.0 Å². The van der Waals surface area contributed by atoms with E-state index in [-0.39, 0.29) is 0 Å². The number of nitrogens with zero attached hydrogens (tertiary/aromatic N) is 3. The van der Waals surface area contributed by atoms with Gasteiger partial charge in [-0.15, -0.1) is 11.3 Å². The van der Waals surface area contributed by atoms with Crippen LogP contribution >= 0.6 is 11.3 Å². The first-order valence-electron chi connectivity index (χ1n) is 4.96. The van der Waals surface area contributed by atoms with Gasteiger partial charge in [-0.3, -0.25) is 0 Å². The molecule has 0 aliphatic carbocycles. The van der Waals surface area contributed by atoms with Gasteiger partial charge in [0.2, 0.25) is 0 Å². The van der Waals surface area contributed by atoms with Gasteiger partial charge in [0.15, 0.2) is 5.01 Å². The van der Waals surface area contributed by atoms with Crippen LogP contribution in [0.1, 0.15) is 27.4 Å². The van der Waals surface area contributed by atoms with Crippen LogP contribution < -0.4 is 5.73 Å². The van der Waals surface area contributed by atoms with Crippen molar-refractivity contribution >= 4 is 11.3 Å². The molecule has 2 aromatic rings. The van der Waals surface area contributed by atoms with E-state index in [2.05, 4.69) is 15.0 Å². The lowest BCUT2D eigenvalue weighted by Gasteiger charge is -2.08. The maximum absolute atomic E-state index is 12.4. The second kappa shape index (κ2) is 4.62. The molecule has 0 aliphatic heterocycles. The maximum Gasteiger partial charge on any atom is 0.443 e. The summed E-state index contributed by atoms with van der Waals surface area (Å²) in [5.41, 5.74) is 6.33. The second-order valence-electron chi connectivity index (χ2n) is 3.57. The third-order valence-corrected chi connectivity index (χ3v) is 3.31. The number of alkyl halides is 3. The van der Waals surface area contributed by atoms with E-state index in [1.54, 1.807) is 13.0 Å². The van der Waals surface area contributed by atoms with Gasteiger partial charge in [-0.05, 0) is 13.0 Å². The molecule has 1 unspecified atom stereocenters. The van der Waals surface area contributed by atoms with E-state index in [1.165, 1.54) is 6.20 Å². The zero-order valence-electron chi connectivity index (χ0n) is 9.27. The molecule has 0 amide bonds. The SMILES string of the molecule is Cc1nccc(C(N)c2cnc(C(F)(F)F)s2)n1. The molecule has 2 N–H and O–H groups in total. The van der Waals surface area contributed by atoms with E-state index in [1.807, 2.05) is 0 Å². The Morgan fingerprint density at radius 1 is 1.33 bits per heavy atom. The van der Waals surface area contributed by atoms with Crippen molar-refractivity contribution in [1.82, 2.24) is 15.0 Å². The van der Waals surface area contributed by atoms with Crippen molar-refractivity contribution in [2.75, 3.05) is 0 Å². The number of hydrogen-bond donors (Lipinski definition) is 1. The minimum atomic E-state index is -4.44. The molecule has 0 radical (unpaired) electrons. The highest BCUT2D eigenvalue weighted by Crippen LogP contribution is 2.34. The molecule has 2 rings (SSSR count). The molecule has 0 saturated heterocycles. The van der Waals surface area contributed by atoms with E-state index in [0.29, 0.717) is 27.7 Å².